The Morgan fingerprint density at radius 2 is 2.15 bits per heavy atom. The fourth-order valence-electron chi connectivity index (χ4n) is 1.55. The van der Waals surface area contributed by atoms with Crippen molar-refractivity contribution in [1.82, 2.24) is 9.78 Å². The average molecular weight is 181 g/mol. The highest BCUT2D eigenvalue weighted by atomic mass is 15.3. The number of hydrogen-bond acceptors (Lipinski definition) is 2. The van der Waals surface area contributed by atoms with Gasteiger partial charge in [0.1, 0.15) is 0 Å². The van der Waals surface area contributed by atoms with Crippen LogP contribution in [-0.2, 0) is 7.05 Å². The lowest BCUT2D eigenvalue weighted by Gasteiger charge is -2.15. The fraction of sp³-hybridized carbons (Fsp3) is 0.700. The van der Waals surface area contributed by atoms with Gasteiger partial charge in [-0.1, -0.05) is 13.8 Å². The largest absolute Gasteiger partial charge is 0.380 e. The zero-order chi connectivity index (χ0) is 9.84. The molecular formula is C10H19N3. The molecule has 1 N–H and O–H groups in total. The van der Waals surface area contributed by atoms with Crippen LogP contribution >= 0.6 is 0 Å². The van der Waals surface area contributed by atoms with Gasteiger partial charge in [-0.3, -0.25) is 4.68 Å². The van der Waals surface area contributed by atoms with E-state index in [0.29, 0.717) is 6.04 Å². The van der Waals surface area contributed by atoms with Crippen molar-refractivity contribution in [1.29, 1.82) is 0 Å². The Kier molecular flexibility index (Phi) is 3.34. The van der Waals surface area contributed by atoms with Crippen LogP contribution in [0.5, 0.6) is 0 Å². The van der Waals surface area contributed by atoms with Gasteiger partial charge >= 0.3 is 0 Å². The highest BCUT2D eigenvalue weighted by molar-refractivity contribution is 5.38. The Morgan fingerprint density at radius 1 is 1.46 bits per heavy atom. The molecular weight excluding hydrogens is 162 g/mol. The molecule has 0 aliphatic rings. The minimum Gasteiger partial charge on any atom is -0.380 e. The summed E-state index contributed by atoms with van der Waals surface area (Å²) in [7, 11) is 1.93. The van der Waals surface area contributed by atoms with E-state index in [9.17, 15) is 0 Å². The summed E-state index contributed by atoms with van der Waals surface area (Å²) in [5.41, 5.74) is 1.11. The molecule has 0 bridgehead atoms. The third-order valence-corrected chi connectivity index (χ3v) is 1.94. The number of hydrogen-bond donors (Lipinski definition) is 1. The minimum absolute atomic E-state index is 0.518. The summed E-state index contributed by atoms with van der Waals surface area (Å²) in [4.78, 5) is 0. The molecule has 0 aliphatic heterocycles. The summed E-state index contributed by atoms with van der Waals surface area (Å²) in [5.74, 6) is 0.735. The molecule has 1 aromatic rings. The highest BCUT2D eigenvalue weighted by Gasteiger charge is 2.05. The quantitative estimate of drug-likeness (QED) is 0.772. The van der Waals surface area contributed by atoms with Gasteiger partial charge in [0.15, 0.2) is 0 Å². The van der Waals surface area contributed by atoms with Crippen molar-refractivity contribution in [3.05, 3.63) is 12.4 Å². The Balaban J connectivity index is 2.40. The molecule has 74 valence electrons. The molecule has 1 heterocycles. The van der Waals surface area contributed by atoms with Crippen LogP contribution in [0.15, 0.2) is 12.4 Å². The number of aromatic nitrogens is 2. The third kappa shape index (κ3) is 3.49. The molecule has 0 fully saturated rings. The van der Waals surface area contributed by atoms with Gasteiger partial charge in [-0.2, -0.15) is 5.10 Å². The summed E-state index contributed by atoms with van der Waals surface area (Å²) in [6.45, 7) is 6.68. The molecule has 0 aromatic carbocycles. The molecule has 1 atom stereocenters. The van der Waals surface area contributed by atoms with Crippen molar-refractivity contribution in [3.8, 4) is 0 Å². The third-order valence-electron chi connectivity index (χ3n) is 1.94. The summed E-state index contributed by atoms with van der Waals surface area (Å²) in [5, 5.41) is 7.51. The number of nitrogens with one attached hydrogen (secondary N) is 1. The topological polar surface area (TPSA) is 29.9 Å². The first-order valence-corrected chi connectivity index (χ1v) is 4.83. The maximum absolute atomic E-state index is 4.10. The standard InChI is InChI=1S/C10H19N3/c1-8(2)5-9(3)12-10-6-11-13(4)7-10/h6-9,12H,5H2,1-4H3. The average Bonchev–Trinajstić information content (AvgIpc) is 2.33. The van der Waals surface area contributed by atoms with Crippen LogP contribution in [0.3, 0.4) is 0 Å². The zero-order valence-corrected chi connectivity index (χ0v) is 8.91. The number of anilines is 1. The molecule has 0 radical (unpaired) electrons. The molecule has 3 heteroatoms. The van der Waals surface area contributed by atoms with Crippen LogP contribution < -0.4 is 5.32 Å². The van der Waals surface area contributed by atoms with Gasteiger partial charge in [0.25, 0.3) is 0 Å². The lowest BCUT2D eigenvalue weighted by atomic mass is 10.1. The van der Waals surface area contributed by atoms with Crippen LogP contribution in [0.1, 0.15) is 27.2 Å². The molecule has 1 rings (SSSR count). The van der Waals surface area contributed by atoms with E-state index in [1.54, 1.807) is 0 Å². The van der Waals surface area contributed by atoms with Crippen molar-refractivity contribution >= 4 is 5.69 Å². The second-order valence-electron chi connectivity index (χ2n) is 4.08. The van der Waals surface area contributed by atoms with Crippen molar-refractivity contribution in [3.63, 3.8) is 0 Å². The SMILES string of the molecule is CC(C)CC(C)Nc1cnn(C)c1. The minimum atomic E-state index is 0.518. The monoisotopic (exact) mass is 181 g/mol. The van der Waals surface area contributed by atoms with Gasteiger partial charge in [0, 0.05) is 19.3 Å². The molecule has 0 saturated carbocycles. The predicted molar refractivity (Wildman–Crippen MR) is 55.7 cm³/mol. The van der Waals surface area contributed by atoms with Crippen LogP contribution in [0, 0.1) is 5.92 Å². The maximum Gasteiger partial charge on any atom is 0.0728 e. The Bertz CT molecular complexity index is 252. The lowest BCUT2D eigenvalue weighted by molar-refractivity contribution is 0.540. The smallest absolute Gasteiger partial charge is 0.0728 e. The zero-order valence-electron chi connectivity index (χ0n) is 8.91. The molecule has 0 saturated heterocycles. The van der Waals surface area contributed by atoms with Crippen LogP contribution in [-0.4, -0.2) is 15.8 Å². The summed E-state index contributed by atoms with van der Waals surface area (Å²) < 4.78 is 1.81. The normalized spacial score (nSPS) is 13.3. The van der Waals surface area contributed by atoms with Crippen molar-refractivity contribution in [2.24, 2.45) is 13.0 Å². The van der Waals surface area contributed by atoms with E-state index in [0.717, 1.165) is 11.6 Å². The van der Waals surface area contributed by atoms with E-state index in [4.69, 9.17) is 0 Å². The predicted octanol–water partition coefficient (Wildman–Crippen LogP) is 2.27. The first-order chi connectivity index (χ1) is 6.08. The molecule has 1 aromatic heterocycles. The van der Waals surface area contributed by atoms with Gasteiger partial charge < -0.3 is 5.32 Å². The molecule has 0 amide bonds. The maximum atomic E-state index is 4.10. The molecule has 3 nitrogen and oxygen atoms in total. The van der Waals surface area contributed by atoms with E-state index in [1.165, 1.54) is 6.42 Å². The van der Waals surface area contributed by atoms with Crippen LogP contribution in [0.25, 0.3) is 0 Å². The van der Waals surface area contributed by atoms with E-state index >= 15 is 0 Å². The van der Waals surface area contributed by atoms with Gasteiger partial charge in [-0.25, -0.2) is 0 Å². The van der Waals surface area contributed by atoms with Gasteiger partial charge in [0.2, 0.25) is 0 Å². The summed E-state index contributed by atoms with van der Waals surface area (Å²) >= 11 is 0. The van der Waals surface area contributed by atoms with Gasteiger partial charge in [0.05, 0.1) is 11.9 Å². The molecule has 1 unspecified atom stereocenters. The van der Waals surface area contributed by atoms with Crippen molar-refractivity contribution in [2.45, 2.75) is 33.2 Å². The first kappa shape index (κ1) is 10.1. The van der Waals surface area contributed by atoms with Crippen molar-refractivity contribution < 1.29 is 0 Å². The van der Waals surface area contributed by atoms with Crippen LogP contribution in [0.4, 0.5) is 5.69 Å². The highest BCUT2D eigenvalue weighted by Crippen LogP contribution is 2.11. The summed E-state index contributed by atoms with van der Waals surface area (Å²) in [6.07, 6.45) is 5.04. The Labute approximate surface area is 80.1 Å². The number of aryl methyl sites for hydroxylation is 1. The number of rotatable bonds is 4. The number of nitrogens with zero attached hydrogens (tertiary/aromatic N) is 2. The first-order valence-electron chi connectivity index (χ1n) is 4.83. The summed E-state index contributed by atoms with van der Waals surface area (Å²) in [6, 6.07) is 0.518. The second-order valence-corrected chi connectivity index (χ2v) is 4.08. The molecule has 0 spiro atoms. The van der Waals surface area contributed by atoms with E-state index in [1.807, 2.05) is 24.1 Å². The van der Waals surface area contributed by atoms with E-state index in [-0.39, 0.29) is 0 Å². The van der Waals surface area contributed by atoms with Gasteiger partial charge in [-0.05, 0) is 19.3 Å². The lowest BCUT2D eigenvalue weighted by Crippen LogP contribution is -2.16. The molecule has 0 aliphatic carbocycles. The van der Waals surface area contributed by atoms with E-state index in [2.05, 4.69) is 31.2 Å². The fourth-order valence-corrected chi connectivity index (χ4v) is 1.55. The second kappa shape index (κ2) is 4.30. The van der Waals surface area contributed by atoms with Crippen LogP contribution in [0.2, 0.25) is 0 Å². The Hall–Kier alpha value is -0.990. The van der Waals surface area contributed by atoms with E-state index < -0.39 is 0 Å². The van der Waals surface area contributed by atoms with Gasteiger partial charge in [-0.15, -0.1) is 0 Å². The molecule has 13 heavy (non-hydrogen) atoms. The Morgan fingerprint density at radius 3 is 2.62 bits per heavy atom. The van der Waals surface area contributed by atoms with Crippen molar-refractivity contribution in [2.75, 3.05) is 5.32 Å².